The number of nitrogens with zero attached hydrogens (tertiary/aromatic N) is 2. The van der Waals surface area contributed by atoms with Gasteiger partial charge in [-0.1, -0.05) is 13.8 Å². The summed E-state index contributed by atoms with van der Waals surface area (Å²) in [5.74, 6) is -0.820. The highest BCUT2D eigenvalue weighted by atomic mass is 32.2. The van der Waals surface area contributed by atoms with E-state index < -0.39 is 22.0 Å². The summed E-state index contributed by atoms with van der Waals surface area (Å²) in [6.45, 7) is 4.99. The Hall–Kier alpha value is -1.91. The molecule has 0 aliphatic carbocycles. The van der Waals surface area contributed by atoms with Crippen molar-refractivity contribution in [2.24, 2.45) is 5.92 Å². The van der Waals surface area contributed by atoms with Crippen molar-refractivity contribution >= 4 is 21.8 Å². The number of amides is 2. The van der Waals surface area contributed by atoms with Crippen molar-refractivity contribution < 1.29 is 27.2 Å². The van der Waals surface area contributed by atoms with E-state index in [2.05, 4.69) is 5.32 Å². The molecule has 27 heavy (non-hydrogen) atoms. The van der Waals surface area contributed by atoms with Crippen LogP contribution in [0.15, 0.2) is 21.6 Å². The summed E-state index contributed by atoms with van der Waals surface area (Å²) in [5, 5.41) is 2.34. The summed E-state index contributed by atoms with van der Waals surface area (Å²) in [4.78, 5) is 26.2. The maximum atomic E-state index is 12.6. The average molecular weight is 401 g/mol. The highest BCUT2D eigenvalue weighted by Crippen LogP contribution is 2.20. The first-order valence-electron chi connectivity index (χ1n) is 8.82. The lowest BCUT2D eigenvalue weighted by Crippen LogP contribution is -2.46. The third-order valence-electron chi connectivity index (χ3n) is 4.12. The van der Waals surface area contributed by atoms with Crippen LogP contribution in [0, 0.1) is 5.92 Å². The Morgan fingerprint density at radius 2 is 1.85 bits per heavy atom. The average Bonchev–Trinajstić information content (AvgIpc) is 3.12. The molecule has 1 N–H and O–H groups in total. The summed E-state index contributed by atoms with van der Waals surface area (Å²) in [7, 11) is -0.595. The second kappa shape index (κ2) is 8.85. The zero-order valence-corrected chi connectivity index (χ0v) is 16.9. The van der Waals surface area contributed by atoms with Gasteiger partial charge in [-0.3, -0.25) is 9.59 Å². The summed E-state index contributed by atoms with van der Waals surface area (Å²) < 4.78 is 36.9. The van der Waals surface area contributed by atoms with Gasteiger partial charge < -0.3 is 19.4 Å². The van der Waals surface area contributed by atoms with E-state index in [9.17, 15) is 18.0 Å². The van der Waals surface area contributed by atoms with Crippen molar-refractivity contribution in [2.45, 2.75) is 31.4 Å². The number of sulfonamides is 1. The molecule has 2 heterocycles. The Bertz CT molecular complexity index is 765. The van der Waals surface area contributed by atoms with Crippen LogP contribution in [-0.4, -0.2) is 75.9 Å². The SMILES string of the molecule is CC(C)CC(NC(=O)c1ccc(S(=O)(=O)N2CCOCC2)o1)C(=O)N(C)C. The number of carbonyl (C=O) groups excluding carboxylic acids is 2. The van der Waals surface area contributed by atoms with Crippen molar-refractivity contribution in [1.29, 1.82) is 0 Å². The van der Waals surface area contributed by atoms with Gasteiger partial charge in [-0.2, -0.15) is 4.31 Å². The molecule has 1 fully saturated rings. The predicted octanol–water partition coefficient (Wildman–Crippen LogP) is 0.533. The fraction of sp³-hybridized carbons (Fsp3) is 0.647. The molecule has 0 bridgehead atoms. The van der Waals surface area contributed by atoms with E-state index in [1.54, 1.807) is 14.1 Å². The van der Waals surface area contributed by atoms with E-state index in [0.29, 0.717) is 19.6 Å². The van der Waals surface area contributed by atoms with E-state index in [-0.39, 0.29) is 35.8 Å². The Kier molecular flexibility index (Phi) is 7.01. The van der Waals surface area contributed by atoms with E-state index >= 15 is 0 Å². The first kappa shape index (κ1) is 21.4. The molecule has 2 amide bonds. The molecule has 1 atom stereocenters. The molecule has 10 heteroatoms. The molecule has 1 saturated heterocycles. The van der Waals surface area contributed by atoms with Crippen LogP contribution in [0.2, 0.25) is 0 Å². The summed E-state index contributed by atoms with van der Waals surface area (Å²) in [6.07, 6.45) is 0.461. The third-order valence-corrected chi connectivity index (χ3v) is 5.89. The molecule has 1 aromatic heterocycles. The summed E-state index contributed by atoms with van der Waals surface area (Å²) in [6, 6.07) is 1.84. The number of ether oxygens (including phenoxy) is 1. The quantitative estimate of drug-likeness (QED) is 0.714. The van der Waals surface area contributed by atoms with E-state index in [1.165, 1.54) is 21.3 Å². The molecule has 1 aliphatic heterocycles. The molecule has 1 aliphatic rings. The number of hydrogen-bond donors (Lipinski definition) is 1. The molecule has 0 saturated carbocycles. The van der Waals surface area contributed by atoms with Crippen LogP contribution in [0.3, 0.4) is 0 Å². The summed E-state index contributed by atoms with van der Waals surface area (Å²) in [5.41, 5.74) is 0. The maximum Gasteiger partial charge on any atom is 0.287 e. The fourth-order valence-corrected chi connectivity index (χ4v) is 4.05. The molecule has 2 rings (SSSR count). The highest BCUT2D eigenvalue weighted by Gasteiger charge is 2.31. The number of rotatable bonds is 7. The molecule has 0 aromatic carbocycles. The smallest absolute Gasteiger partial charge is 0.287 e. The van der Waals surface area contributed by atoms with Gasteiger partial charge in [0.05, 0.1) is 13.2 Å². The topological polar surface area (TPSA) is 109 Å². The number of likely N-dealkylation sites (N-methyl/N-ethyl adjacent to an activating group) is 1. The second-order valence-electron chi connectivity index (χ2n) is 7.02. The Morgan fingerprint density at radius 3 is 2.41 bits per heavy atom. The van der Waals surface area contributed by atoms with Crippen LogP contribution in [-0.2, 0) is 19.6 Å². The zero-order valence-electron chi connectivity index (χ0n) is 16.1. The van der Waals surface area contributed by atoms with Gasteiger partial charge in [0, 0.05) is 27.2 Å². The second-order valence-corrected chi connectivity index (χ2v) is 8.89. The Labute approximate surface area is 159 Å². The van der Waals surface area contributed by atoms with E-state index in [0.717, 1.165) is 0 Å². The van der Waals surface area contributed by atoms with Crippen LogP contribution in [0.5, 0.6) is 0 Å². The monoisotopic (exact) mass is 401 g/mol. The molecule has 0 radical (unpaired) electrons. The van der Waals surface area contributed by atoms with E-state index in [1.807, 2.05) is 13.8 Å². The van der Waals surface area contributed by atoms with Gasteiger partial charge in [-0.25, -0.2) is 8.42 Å². The molecule has 9 nitrogen and oxygen atoms in total. The number of morpholine rings is 1. The van der Waals surface area contributed by atoms with Crippen LogP contribution in [0.25, 0.3) is 0 Å². The lowest BCUT2D eigenvalue weighted by Gasteiger charge is -2.24. The minimum Gasteiger partial charge on any atom is -0.438 e. The maximum absolute atomic E-state index is 12.6. The number of nitrogens with one attached hydrogen (secondary N) is 1. The molecular formula is C17H27N3O6S. The number of carbonyl (C=O) groups is 2. The van der Waals surface area contributed by atoms with Crippen LogP contribution in [0.4, 0.5) is 0 Å². The molecule has 1 aromatic rings. The lowest BCUT2D eigenvalue weighted by atomic mass is 10.0. The van der Waals surface area contributed by atoms with Crippen LogP contribution in [0.1, 0.15) is 30.8 Å². The van der Waals surface area contributed by atoms with Gasteiger partial charge >= 0.3 is 0 Å². The van der Waals surface area contributed by atoms with Crippen LogP contribution >= 0.6 is 0 Å². The molecule has 0 spiro atoms. The first-order chi connectivity index (χ1) is 12.6. The van der Waals surface area contributed by atoms with Gasteiger partial charge in [0.25, 0.3) is 15.9 Å². The third kappa shape index (κ3) is 5.30. The highest BCUT2D eigenvalue weighted by molar-refractivity contribution is 7.89. The predicted molar refractivity (Wildman–Crippen MR) is 97.7 cm³/mol. The van der Waals surface area contributed by atoms with Crippen LogP contribution < -0.4 is 5.32 Å². The van der Waals surface area contributed by atoms with Crippen molar-refractivity contribution in [3.63, 3.8) is 0 Å². The first-order valence-corrected chi connectivity index (χ1v) is 10.3. The van der Waals surface area contributed by atoms with Gasteiger partial charge in [-0.05, 0) is 24.5 Å². The van der Waals surface area contributed by atoms with Gasteiger partial charge in [-0.15, -0.1) is 0 Å². The van der Waals surface area contributed by atoms with Gasteiger partial charge in [0.15, 0.2) is 5.76 Å². The zero-order chi connectivity index (χ0) is 20.2. The van der Waals surface area contributed by atoms with Gasteiger partial charge in [0.1, 0.15) is 6.04 Å². The minimum absolute atomic E-state index is 0.151. The van der Waals surface area contributed by atoms with E-state index in [4.69, 9.17) is 9.15 Å². The largest absolute Gasteiger partial charge is 0.438 e. The fourth-order valence-electron chi connectivity index (χ4n) is 2.73. The number of hydrogen-bond acceptors (Lipinski definition) is 6. The minimum atomic E-state index is -3.82. The summed E-state index contributed by atoms with van der Waals surface area (Å²) >= 11 is 0. The lowest BCUT2D eigenvalue weighted by molar-refractivity contribution is -0.131. The normalized spacial score (nSPS) is 16.9. The van der Waals surface area contributed by atoms with Crippen molar-refractivity contribution in [1.82, 2.24) is 14.5 Å². The van der Waals surface area contributed by atoms with Crippen molar-refractivity contribution in [3.05, 3.63) is 17.9 Å². The van der Waals surface area contributed by atoms with Crippen molar-refractivity contribution in [2.75, 3.05) is 40.4 Å². The van der Waals surface area contributed by atoms with Crippen molar-refractivity contribution in [3.8, 4) is 0 Å². The number of furan rings is 1. The Balaban J connectivity index is 2.14. The van der Waals surface area contributed by atoms with Gasteiger partial charge in [0.2, 0.25) is 11.0 Å². The molecular weight excluding hydrogens is 374 g/mol. The molecule has 152 valence electrons. The standard InChI is InChI=1S/C17H27N3O6S/c1-12(2)11-13(17(22)19(3)4)18-16(21)14-5-6-15(26-14)27(23,24)20-7-9-25-10-8-20/h5-6,12-13H,7-11H2,1-4H3,(H,18,21). The Morgan fingerprint density at radius 1 is 1.22 bits per heavy atom. The molecule has 1 unspecified atom stereocenters.